The van der Waals surface area contributed by atoms with Gasteiger partial charge in [-0.25, -0.2) is 8.42 Å². The maximum atomic E-state index is 13.4. The summed E-state index contributed by atoms with van der Waals surface area (Å²) in [6, 6.07) is 17.6. The zero-order valence-electron chi connectivity index (χ0n) is 18.0. The first kappa shape index (κ1) is 24.9. The van der Waals surface area contributed by atoms with Crippen LogP contribution in [0.3, 0.4) is 0 Å². The van der Waals surface area contributed by atoms with E-state index in [2.05, 4.69) is 5.32 Å². The van der Waals surface area contributed by atoms with Crippen LogP contribution in [-0.4, -0.2) is 31.0 Å². The number of hydrogen-bond acceptors (Lipinski definition) is 4. The van der Waals surface area contributed by atoms with Crippen molar-refractivity contribution in [2.45, 2.75) is 25.3 Å². The van der Waals surface area contributed by atoms with E-state index in [1.54, 1.807) is 48.5 Å². The maximum Gasteiger partial charge on any atom is 0.243 e. The molecule has 3 aromatic carbocycles. The summed E-state index contributed by atoms with van der Waals surface area (Å²) in [6.45, 7) is 2.75. The number of benzene rings is 3. The average molecular weight is 505 g/mol. The number of carbonyl (C=O) groups is 2. The van der Waals surface area contributed by atoms with Crippen molar-refractivity contribution in [2.75, 3.05) is 11.9 Å². The van der Waals surface area contributed by atoms with Gasteiger partial charge in [-0.1, -0.05) is 59.1 Å². The van der Waals surface area contributed by atoms with Gasteiger partial charge in [0.15, 0.2) is 5.78 Å². The van der Waals surface area contributed by atoms with E-state index in [0.717, 1.165) is 9.87 Å². The predicted molar refractivity (Wildman–Crippen MR) is 130 cm³/mol. The molecule has 0 spiro atoms. The van der Waals surface area contributed by atoms with E-state index in [9.17, 15) is 18.0 Å². The van der Waals surface area contributed by atoms with Crippen LogP contribution in [0, 0.1) is 6.92 Å². The molecule has 0 saturated heterocycles. The maximum absolute atomic E-state index is 13.4. The number of anilines is 1. The first-order chi connectivity index (χ1) is 15.6. The number of carbonyl (C=O) groups excluding carboxylic acids is 2. The molecule has 1 amide bonds. The smallest absolute Gasteiger partial charge is 0.243 e. The quantitative estimate of drug-likeness (QED) is 0.420. The molecule has 1 N–H and O–H groups in total. The number of Topliss-reactive ketones (excluding diaryl/α,β-unsaturated/α-hetero) is 1. The van der Waals surface area contributed by atoms with E-state index in [-0.39, 0.29) is 22.2 Å². The van der Waals surface area contributed by atoms with Gasteiger partial charge >= 0.3 is 0 Å². The van der Waals surface area contributed by atoms with Gasteiger partial charge in [0, 0.05) is 17.8 Å². The van der Waals surface area contributed by atoms with Crippen LogP contribution in [0.25, 0.3) is 0 Å². The van der Waals surface area contributed by atoms with Gasteiger partial charge in [0.05, 0.1) is 21.5 Å². The summed E-state index contributed by atoms with van der Waals surface area (Å²) in [5, 5.41) is 3.29. The van der Waals surface area contributed by atoms with Crippen LogP contribution >= 0.6 is 23.2 Å². The minimum Gasteiger partial charge on any atom is -0.325 e. The fraction of sp³-hybridized carbons (Fsp3) is 0.167. The third-order valence-electron chi connectivity index (χ3n) is 4.87. The second-order valence-electron chi connectivity index (χ2n) is 7.52. The molecule has 0 atom stereocenters. The molecule has 0 heterocycles. The first-order valence-corrected chi connectivity index (χ1v) is 12.2. The van der Waals surface area contributed by atoms with Crippen LogP contribution in [0.4, 0.5) is 5.69 Å². The van der Waals surface area contributed by atoms with E-state index in [1.807, 2.05) is 6.92 Å². The van der Waals surface area contributed by atoms with Crippen molar-refractivity contribution in [1.29, 1.82) is 0 Å². The Morgan fingerprint density at radius 3 is 2.27 bits per heavy atom. The zero-order chi connectivity index (χ0) is 24.2. The Morgan fingerprint density at radius 2 is 1.64 bits per heavy atom. The van der Waals surface area contributed by atoms with Crippen molar-refractivity contribution in [3.8, 4) is 0 Å². The average Bonchev–Trinajstić information content (AvgIpc) is 2.76. The minimum atomic E-state index is -4.01. The van der Waals surface area contributed by atoms with E-state index in [4.69, 9.17) is 23.2 Å². The SMILES string of the molecule is CC(=O)c1cccc(NC(=O)CN(Cc2ccc(Cl)c(Cl)c2)S(=O)(=O)c2ccc(C)cc2)c1. The van der Waals surface area contributed by atoms with E-state index in [0.29, 0.717) is 21.8 Å². The van der Waals surface area contributed by atoms with Crippen molar-refractivity contribution in [1.82, 2.24) is 4.31 Å². The van der Waals surface area contributed by atoms with Gasteiger partial charge in [-0.05, 0) is 55.8 Å². The topological polar surface area (TPSA) is 83.6 Å². The highest BCUT2D eigenvalue weighted by atomic mass is 35.5. The van der Waals surface area contributed by atoms with Crippen LogP contribution < -0.4 is 5.32 Å². The highest BCUT2D eigenvalue weighted by Gasteiger charge is 2.27. The molecule has 9 heteroatoms. The Labute approximate surface area is 203 Å². The third kappa shape index (κ3) is 6.42. The molecular formula is C24H22Cl2N2O4S. The summed E-state index contributed by atoms with van der Waals surface area (Å²) in [5.74, 6) is -0.694. The molecule has 0 aliphatic heterocycles. The van der Waals surface area contributed by atoms with Crippen LogP contribution in [0.2, 0.25) is 10.0 Å². The van der Waals surface area contributed by atoms with E-state index < -0.39 is 22.5 Å². The highest BCUT2D eigenvalue weighted by molar-refractivity contribution is 7.89. The van der Waals surface area contributed by atoms with Gasteiger partial charge in [-0.3, -0.25) is 9.59 Å². The molecule has 3 aromatic rings. The molecule has 0 aromatic heterocycles. The molecule has 0 fully saturated rings. The number of nitrogens with one attached hydrogen (secondary N) is 1. The van der Waals surface area contributed by atoms with Crippen molar-refractivity contribution in [2.24, 2.45) is 0 Å². The Hall–Kier alpha value is -2.71. The lowest BCUT2D eigenvalue weighted by Gasteiger charge is -2.22. The summed E-state index contributed by atoms with van der Waals surface area (Å²) in [4.78, 5) is 24.5. The fourth-order valence-corrected chi connectivity index (χ4v) is 4.81. The molecule has 172 valence electrons. The number of nitrogens with zero attached hydrogens (tertiary/aromatic N) is 1. The summed E-state index contributed by atoms with van der Waals surface area (Å²) in [6.07, 6.45) is 0. The molecule has 0 radical (unpaired) electrons. The van der Waals surface area contributed by atoms with Crippen LogP contribution in [-0.2, 0) is 21.4 Å². The lowest BCUT2D eigenvalue weighted by molar-refractivity contribution is -0.116. The van der Waals surface area contributed by atoms with Crippen molar-refractivity contribution >= 4 is 50.6 Å². The van der Waals surface area contributed by atoms with Crippen molar-refractivity contribution in [3.63, 3.8) is 0 Å². The summed E-state index contributed by atoms with van der Waals surface area (Å²) < 4.78 is 27.8. The Morgan fingerprint density at radius 1 is 0.939 bits per heavy atom. The monoisotopic (exact) mass is 504 g/mol. The van der Waals surface area contributed by atoms with Crippen molar-refractivity contribution < 1.29 is 18.0 Å². The molecule has 33 heavy (non-hydrogen) atoms. The minimum absolute atomic E-state index is 0.0690. The van der Waals surface area contributed by atoms with Crippen LogP contribution in [0.15, 0.2) is 71.6 Å². The molecule has 0 unspecified atom stereocenters. The molecule has 0 saturated carbocycles. The molecule has 0 aliphatic carbocycles. The molecular weight excluding hydrogens is 483 g/mol. The number of amides is 1. The van der Waals surface area contributed by atoms with Gasteiger partial charge in [-0.15, -0.1) is 0 Å². The number of halogens is 2. The standard InChI is InChI=1S/C24H22Cl2N2O4S/c1-16-6-9-21(10-7-16)33(31,32)28(14-18-8-11-22(25)23(26)12-18)15-24(30)27-20-5-3-4-19(13-20)17(2)29/h3-13H,14-15H2,1-2H3,(H,27,30). The zero-order valence-corrected chi connectivity index (χ0v) is 20.3. The normalized spacial score (nSPS) is 11.4. The largest absolute Gasteiger partial charge is 0.325 e. The lowest BCUT2D eigenvalue weighted by atomic mass is 10.1. The molecule has 6 nitrogen and oxygen atoms in total. The molecule has 0 aliphatic rings. The second kappa shape index (κ2) is 10.5. The summed E-state index contributed by atoms with van der Waals surface area (Å²) in [7, 11) is -4.01. The predicted octanol–water partition coefficient (Wildman–Crippen LogP) is 5.33. The van der Waals surface area contributed by atoms with Gasteiger partial charge in [0.25, 0.3) is 0 Å². The van der Waals surface area contributed by atoms with Crippen molar-refractivity contribution in [3.05, 3.63) is 93.5 Å². The molecule has 3 rings (SSSR count). The van der Waals surface area contributed by atoms with Gasteiger partial charge in [0.2, 0.25) is 15.9 Å². The highest BCUT2D eigenvalue weighted by Crippen LogP contribution is 2.25. The van der Waals surface area contributed by atoms with E-state index in [1.165, 1.54) is 25.1 Å². The molecule has 0 bridgehead atoms. The van der Waals surface area contributed by atoms with E-state index >= 15 is 0 Å². The lowest BCUT2D eigenvalue weighted by Crippen LogP contribution is -2.37. The Kier molecular flexibility index (Phi) is 7.92. The number of aryl methyl sites for hydroxylation is 1. The fourth-order valence-electron chi connectivity index (χ4n) is 3.10. The number of sulfonamides is 1. The van der Waals surface area contributed by atoms with Crippen LogP contribution in [0.5, 0.6) is 0 Å². The Bertz CT molecular complexity index is 1290. The number of ketones is 1. The third-order valence-corrected chi connectivity index (χ3v) is 7.42. The second-order valence-corrected chi connectivity index (χ2v) is 10.3. The van der Waals surface area contributed by atoms with Gasteiger partial charge in [-0.2, -0.15) is 4.31 Å². The van der Waals surface area contributed by atoms with Gasteiger partial charge < -0.3 is 5.32 Å². The summed E-state index contributed by atoms with van der Waals surface area (Å²) >= 11 is 12.1. The Balaban J connectivity index is 1.89. The first-order valence-electron chi connectivity index (χ1n) is 9.98. The summed E-state index contributed by atoms with van der Waals surface area (Å²) in [5.41, 5.74) is 2.32. The van der Waals surface area contributed by atoms with Crippen LogP contribution in [0.1, 0.15) is 28.4 Å². The number of hydrogen-bond donors (Lipinski definition) is 1. The van der Waals surface area contributed by atoms with Gasteiger partial charge in [0.1, 0.15) is 0 Å². The number of rotatable bonds is 8.